The van der Waals surface area contributed by atoms with Crippen LogP contribution in [0, 0.1) is 0 Å². The number of hydrogen-bond donors (Lipinski definition) is 1. The quantitative estimate of drug-likeness (QED) is 0.832. The van der Waals surface area contributed by atoms with Crippen LogP contribution < -0.4 is 10.1 Å². The lowest BCUT2D eigenvalue weighted by Crippen LogP contribution is -2.55. The average Bonchev–Trinajstić information content (AvgIpc) is 3.19. The zero-order valence-electron chi connectivity index (χ0n) is 15.6. The highest BCUT2D eigenvalue weighted by molar-refractivity contribution is 5.85. The largest absolute Gasteiger partial charge is 0.497 e. The van der Waals surface area contributed by atoms with Crippen molar-refractivity contribution in [2.45, 2.75) is 25.0 Å². The summed E-state index contributed by atoms with van der Waals surface area (Å²) in [6.07, 6.45) is 5.96. The van der Waals surface area contributed by atoms with Crippen molar-refractivity contribution in [1.29, 1.82) is 0 Å². The van der Waals surface area contributed by atoms with Gasteiger partial charge in [0, 0.05) is 45.1 Å². The van der Waals surface area contributed by atoms with Gasteiger partial charge in [-0.15, -0.1) is 24.8 Å². The Balaban J connectivity index is 0.00000131. The van der Waals surface area contributed by atoms with Gasteiger partial charge in [0.25, 0.3) is 0 Å². The summed E-state index contributed by atoms with van der Waals surface area (Å²) in [6.45, 7) is 5.80. The van der Waals surface area contributed by atoms with Crippen molar-refractivity contribution < 1.29 is 9.47 Å². The van der Waals surface area contributed by atoms with Gasteiger partial charge in [0.1, 0.15) is 5.75 Å². The van der Waals surface area contributed by atoms with Crippen LogP contribution in [-0.4, -0.2) is 60.2 Å². The molecule has 1 N–H and O–H groups in total. The molecule has 1 spiro atoms. The molecule has 4 rings (SSSR count). The Kier molecular flexibility index (Phi) is 7.94. The molecule has 0 atom stereocenters. The van der Waals surface area contributed by atoms with Gasteiger partial charge in [-0.05, 0) is 42.7 Å². The Morgan fingerprint density at radius 1 is 1.26 bits per heavy atom. The third kappa shape index (κ3) is 4.95. The zero-order valence-corrected chi connectivity index (χ0v) is 17.2. The second kappa shape index (κ2) is 9.75. The van der Waals surface area contributed by atoms with Crippen molar-refractivity contribution in [1.82, 2.24) is 20.0 Å². The second-order valence-corrected chi connectivity index (χ2v) is 6.93. The molecule has 27 heavy (non-hydrogen) atoms. The van der Waals surface area contributed by atoms with Gasteiger partial charge in [-0.25, -0.2) is 4.68 Å². The van der Waals surface area contributed by atoms with Crippen LogP contribution in [0.1, 0.15) is 18.4 Å². The van der Waals surface area contributed by atoms with E-state index in [1.54, 1.807) is 7.11 Å². The zero-order chi connectivity index (χ0) is 17.1. The third-order valence-corrected chi connectivity index (χ3v) is 5.33. The molecule has 1 aromatic carbocycles. The SMILES string of the molecule is COc1ccc(-n2cccn2)c(CN2CCC3(CC2)CNCCO3)c1.Cl.Cl. The monoisotopic (exact) mass is 414 g/mol. The van der Waals surface area contributed by atoms with Crippen molar-refractivity contribution in [2.75, 3.05) is 39.9 Å². The highest BCUT2D eigenvalue weighted by atomic mass is 35.5. The van der Waals surface area contributed by atoms with E-state index in [4.69, 9.17) is 9.47 Å². The van der Waals surface area contributed by atoms with Gasteiger partial charge in [0.15, 0.2) is 0 Å². The van der Waals surface area contributed by atoms with E-state index in [0.717, 1.165) is 63.6 Å². The van der Waals surface area contributed by atoms with Crippen LogP contribution >= 0.6 is 24.8 Å². The molecule has 6 nitrogen and oxygen atoms in total. The Labute approximate surface area is 173 Å². The summed E-state index contributed by atoms with van der Waals surface area (Å²) in [4.78, 5) is 2.50. The molecular formula is C19H28Cl2N4O2. The highest BCUT2D eigenvalue weighted by Gasteiger charge is 2.36. The molecule has 3 heterocycles. The number of piperidine rings is 1. The first-order chi connectivity index (χ1) is 12.3. The number of aromatic nitrogens is 2. The summed E-state index contributed by atoms with van der Waals surface area (Å²) < 4.78 is 13.5. The Bertz CT molecular complexity index is 696. The minimum absolute atomic E-state index is 0. The van der Waals surface area contributed by atoms with Gasteiger partial charge in [-0.2, -0.15) is 5.10 Å². The molecule has 0 radical (unpaired) electrons. The molecule has 0 bridgehead atoms. The number of morpholine rings is 1. The minimum atomic E-state index is 0. The van der Waals surface area contributed by atoms with Crippen molar-refractivity contribution in [3.8, 4) is 11.4 Å². The standard InChI is InChI=1S/C19H26N4O2.2ClH/c1-24-17-3-4-18(23-9-2-7-21-23)16(13-17)14-22-10-5-19(6-11-22)15-20-8-12-25-19;;/h2-4,7,9,13,20H,5-6,8,10-12,14-15H2,1H3;2*1H. The van der Waals surface area contributed by atoms with Gasteiger partial charge in [-0.1, -0.05) is 0 Å². The molecule has 8 heteroatoms. The molecular weight excluding hydrogens is 387 g/mol. The minimum Gasteiger partial charge on any atom is -0.497 e. The molecule has 150 valence electrons. The van der Waals surface area contributed by atoms with Crippen LogP contribution in [0.5, 0.6) is 5.75 Å². The lowest BCUT2D eigenvalue weighted by atomic mass is 9.90. The van der Waals surface area contributed by atoms with E-state index in [2.05, 4.69) is 27.4 Å². The molecule has 2 aliphatic heterocycles. The summed E-state index contributed by atoms with van der Waals surface area (Å²) in [7, 11) is 1.71. The van der Waals surface area contributed by atoms with E-state index in [1.165, 1.54) is 5.56 Å². The maximum Gasteiger partial charge on any atom is 0.119 e. The van der Waals surface area contributed by atoms with E-state index in [1.807, 2.05) is 29.2 Å². The summed E-state index contributed by atoms with van der Waals surface area (Å²) in [5.41, 5.74) is 2.40. The first-order valence-corrected chi connectivity index (χ1v) is 9.02. The van der Waals surface area contributed by atoms with Gasteiger partial charge >= 0.3 is 0 Å². The Morgan fingerprint density at radius 3 is 2.70 bits per heavy atom. The van der Waals surface area contributed by atoms with Crippen LogP contribution in [0.15, 0.2) is 36.7 Å². The first kappa shape index (κ1) is 22.0. The number of hydrogen-bond acceptors (Lipinski definition) is 5. The summed E-state index contributed by atoms with van der Waals surface area (Å²) in [5.74, 6) is 0.888. The third-order valence-electron chi connectivity index (χ3n) is 5.33. The lowest BCUT2D eigenvalue weighted by molar-refractivity contribution is -0.100. The fourth-order valence-electron chi connectivity index (χ4n) is 3.84. The number of methoxy groups -OCH3 is 1. The van der Waals surface area contributed by atoms with E-state index in [9.17, 15) is 0 Å². The number of rotatable bonds is 4. The van der Waals surface area contributed by atoms with Crippen LogP contribution in [0.25, 0.3) is 5.69 Å². The predicted molar refractivity (Wildman–Crippen MR) is 111 cm³/mol. The molecule has 1 aromatic heterocycles. The van der Waals surface area contributed by atoms with E-state index < -0.39 is 0 Å². The van der Waals surface area contributed by atoms with Crippen LogP contribution in [0.4, 0.5) is 0 Å². The smallest absolute Gasteiger partial charge is 0.119 e. The van der Waals surface area contributed by atoms with Crippen molar-refractivity contribution in [3.63, 3.8) is 0 Å². The Morgan fingerprint density at radius 2 is 2.07 bits per heavy atom. The fraction of sp³-hybridized carbons (Fsp3) is 0.526. The van der Waals surface area contributed by atoms with Crippen LogP contribution in [0.3, 0.4) is 0 Å². The summed E-state index contributed by atoms with van der Waals surface area (Å²) in [6, 6.07) is 8.15. The Hall–Kier alpha value is -1.31. The number of ether oxygens (including phenoxy) is 2. The molecule has 2 fully saturated rings. The summed E-state index contributed by atoms with van der Waals surface area (Å²) in [5, 5.41) is 7.87. The second-order valence-electron chi connectivity index (χ2n) is 6.93. The number of benzene rings is 1. The fourth-order valence-corrected chi connectivity index (χ4v) is 3.84. The van der Waals surface area contributed by atoms with Gasteiger partial charge in [0.2, 0.25) is 0 Å². The van der Waals surface area contributed by atoms with Gasteiger partial charge in [-0.3, -0.25) is 4.90 Å². The van der Waals surface area contributed by atoms with Crippen molar-refractivity contribution in [2.24, 2.45) is 0 Å². The van der Waals surface area contributed by atoms with E-state index in [0.29, 0.717) is 0 Å². The van der Waals surface area contributed by atoms with Gasteiger partial charge in [0.05, 0.1) is 25.0 Å². The molecule has 2 saturated heterocycles. The van der Waals surface area contributed by atoms with Crippen molar-refractivity contribution in [3.05, 3.63) is 42.2 Å². The topological polar surface area (TPSA) is 51.5 Å². The van der Waals surface area contributed by atoms with Crippen LogP contribution in [-0.2, 0) is 11.3 Å². The number of nitrogens with zero attached hydrogens (tertiary/aromatic N) is 3. The molecule has 2 aromatic rings. The molecule has 0 aliphatic carbocycles. The first-order valence-electron chi connectivity index (χ1n) is 9.02. The predicted octanol–water partition coefficient (Wildman–Crippen LogP) is 2.68. The lowest BCUT2D eigenvalue weighted by Gasteiger charge is -2.44. The maximum absolute atomic E-state index is 6.10. The normalized spacial score (nSPS) is 19.1. The van der Waals surface area contributed by atoms with E-state index in [-0.39, 0.29) is 30.4 Å². The van der Waals surface area contributed by atoms with Crippen LogP contribution in [0.2, 0.25) is 0 Å². The molecule has 0 saturated carbocycles. The van der Waals surface area contributed by atoms with E-state index >= 15 is 0 Å². The van der Waals surface area contributed by atoms with Gasteiger partial charge < -0.3 is 14.8 Å². The molecule has 2 aliphatic rings. The van der Waals surface area contributed by atoms with Crippen molar-refractivity contribution >= 4 is 24.8 Å². The average molecular weight is 415 g/mol. The highest BCUT2D eigenvalue weighted by Crippen LogP contribution is 2.29. The summed E-state index contributed by atoms with van der Waals surface area (Å²) >= 11 is 0. The molecule has 0 unspecified atom stereocenters. The number of halogens is 2. The maximum atomic E-state index is 6.10. The number of likely N-dealkylation sites (tertiary alicyclic amines) is 1. The molecule has 0 amide bonds. The number of nitrogens with one attached hydrogen (secondary N) is 1.